The number of carbonyl (C=O) groups is 2. The molecule has 0 bridgehead atoms. The van der Waals surface area contributed by atoms with Crippen LogP contribution >= 0.6 is 11.6 Å². The molecule has 1 unspecified atom stereocenters. The molecule has 0 fully saturated rings. The molecule has 1 N–H and O–H groups in total. The minimum absolute atomic E-state index is 0.0467. The molecule has 0 aliphatic heterocycles. The van der Waals surface area contributed by atoms with Gasteiger partial charge >= 0.3 is 5.97 Å². The summed E-state index contributed by atoms with van der Waals surface area (Å²) in [6.07, 6.45) is 8.44. The van der Waals surface area contributed by atoms with Crippen LogP contribution in [0, 0.1) is 5.92 Å². The fraction of sp³-hybridized carbons (Fsp3) is 0.333. The van der Waals surface area contributed by atoms with Gasteiger partial charge in [0, 0.05) is 22.9 Å². The van der Waals surface area contributed by atoms with Crippen molar-refractivity contribution in [2.75, 3.05) is 7.11 Å². The molecule has 5 heteroatoms. The largest absolute Gasteiger partial charge is 0.501 e. The highest BCUT2D eigenvalue weighted by atomic mass is 35.5. The van der Waals surface area contributed by atoms with E-state index in [1.165, 1.54) is 0 Å². The highest BCUT2D eigenvalue weighted by Gasteiger charge is 2.28. The van der Waals surface area contributed by atoms with Gasteiger partial charge < -0.3 is 9.84 Å². The van der Waals surface area contributed by atoms with E-state index in [2.05, 4.69) is 0 Å². The zero-order valence-corrected chi connectivity index (χ0v) is 17.5. The molecule has 2 aliphatic carbocycles. The Morgan fingerprint density at radius 1 is 1.17 bits per heavy atom. The lowest BCUT2D eigenvalue weighted by Gasteiger charge is -2.20. The lowest BCUT2D eigenvalue weighted by Crippen LogP contribution is -2.15. The molecule has 0 heterocycles. The van der Waals surface area contributed by atoms with Crippen molar-refractivity contribution in [2.45, 2.75) is 39.0 Å². The first-order valence-electron chi connectivity index (χ1n) is 9.74. The number of hydrogen-bond acceptors (Lipinski definition) is 3. The molecule has 0 spiro atoms. The van der Waals surface area contributed by atoms with Crippen molar-refractivity contribution in [1.29, 1.82) is 0 Å². The van der Waals surface area contributed by atoms with Crippen LogP contribution in [0.5, 0.6) is 0 Å². The van der Waals surface area contributed by atoms with Crippen LogP contribution in [0.15, 0.2) is 70.5 Å². The fourth-order valence-corrected chi connectivity index (χ4v) is 4.12. The van der Waals surface area contributed by atoms with Crippen LogP contribution < -0.4 is 0 Å². The monoisotopic (exact) mass is 412 g/mol. The van der Waals surface area contributed by atoms with Gasteiger partial charge in [-0.05, 0) is 73.2 Å². The van der Waals surface area contributed by atoms with Crippen LogP contribution in [0.4, 0.5) is 0 Å². The molecule has 0 saturated carbocycles. The maximum absolute atomic E-state index is 13.2. The summed E-state index contributed by atoms with van der Waals surface area (Å²) < 4.78 is 5.44. The number of rotatable bonds is 5. The molecule has 1 atom stereocenters. The number of methoxy groups -OCH3 is 1. The lowest BCUT2D eigenvalue weighted by atomic mass is 9.84. The molecule has 152 valence electrons. The average molecular weight is 413 g/mol. The predicted molar refractivity (Wildman–Crippen MR) is 114 cm³/mol. The van der Waals surface area contributed by atoms with Crippen molar-refractivity contribution >= 4 is 23.4 Å². The maximum Gasteiger partial charge on any atom is 0.307 e. The minimum Gasteiger partial charge on any atom is -0.501 e. The SMILES string of the molecule is COC1=CC=C2CC(C(=O)c3ccc(Cl)cc3)CC=C(CC(=O)O)C2=C(C)CC1. The molecule has 0 aromatic heterocycles. The first-order valence-corrected chi connectivity index (χ1v) is 10.1. The van der Waals surface area contributed by atoms with E-state index in [0.717, 1.165) is 40.9 Å². The van der Waals surface area contributed by atoms with E-state index >= 15 is 0 Å². The zero-order chi connectivity index (χ0) is 21.0. The van der Waals surface area contributed by atoms with Crippen molar-refractivity contribution in [3.05, 3.63) is 81.1 Å². The molecule has 4 nitrogen and oxygen atoms in total. The van der Waals surface area contributed by atoms with Crippen LogP contribution in [-0.4, -0.2) is 24.0 Å². The van der Waals surface area contributed by atoms with Crippen LogP contribution in [0.2, 0.25) is 5.02 Å². The fourth-order valence-electron chi connectivity index (χ4n) is 4.00. The maximum atomic E-state index is 13.2. The molecule has 0 amide bonds. The molecule has 1 aromatic rings. The average Bonchev–Trinajstić information content (AvgIpc) is 2.85. The molecular formula is C24H25ClO4. The molecule has 0 saturated heterocycles. The number of fused-ring (bicyclic) bond motifs is 1. The van der Waals surface area contributed by atoms with E-state index in [4.69, 9.17) is 16.3 Å². The van der Waals surface area contributed by atoms with Crippen LogP contribution in [0.1, 0.15) is 49.4 Å². The van der Waals surface area contributed by atoms with E-state index in [-0.39, 0.29) is 18.1 Å². The van der Waals surface area contributed by atoms with Gasteiger partial charge in [-0.25, -0.2) is 0 Å². The second kappa shape index (κ2) is 9.27. The number of carboxylic acid groups (broad SMARTS) is 1. The number of halogens is 1. The Morgan fingerprint density at radius 3 is 2.55 bits per heavy atom. The van der Waals surface area contributed by atoms with Gasteiger partial charge in [0.1, 0.15) is 0 Å². The Hall–Kier alpha value is -2.59. The first kappa shape index (κ1) is 21.1. The van der Waals surface area contributed by atoms with E-state index in [0.29, 0.717) is 23.4 Å². The van der Waals surface area contributed by atoms with Gasteiger partial charge in [0.05, 0.1) is 19.3 Å². The Balaban J connectivity index is 2.03. The summed E-state index contributed by atoms with van der Waals surface area (Å²) >= 11 is 5.95. The van der Waals surface area contributed by atoms with Crippen molar-refractivity contribution in [3.8, 4) is 0 Å². The molecule has 29 heavy (non-hydrogen) atoms. The number of ketones is 1. The standard InChI is InChI=1S/C24H25ClO4/c1-15-3-11-21(29-2)12-8-17-13-19(5-4-18(23(15)17)14-22(26)27)24(28)16-6-9-20(25)10-7-16/h4,6-10,12,19H,3,5,11,13-14H2,1-2H3,(H,26,27). The normalized spacial score (nSPS) is 19.7. The summed E-state index contributed by atoms with van der Waals surface area (Å²) in [6.45, 7) is 2.04. The van der Waals surface area contributed by atoms with Crippen LogP contribution in [0.25, 0.3) is 0 Å². The predicted octanol–water partition coefficient (Wildman–Crippen LogP) is 5.90. The van der Waals surface area contributed by atoms with Gasteiger partial charge in [-0.3, -0.25) is 9.59 Å². The second-order valence-corrected chi connectivity index (χ2v) is 7.93. The summed E-state index contributed by atoms with van der Waals surface area (Å²) in [5.41, 5.74) is 4.53. The highest BCUT2D eigenvalue weighted by Crippen LogP contribution is 2.39. The number of carbonyl (C=O) groups excluding carboxylic acids is 1. The zero-order valence-electron chi connectivity index (χ0n) is 16.7. The van der Waals surface area contributed by atoms with E-state index in [1.807, 2.05) is 25.2 Å². The number of Topliss-reactive ketones (excluding diaryl/α,β-unsaturated/α-hetero) is 1. The van der Waals surface area contributed by atoms with Gasteiger partial charge in [0.15, 0.2) is 5.78 Å². The molecule has 3 rings (SSSR count). The summed E-state index contributed by atoms with van der Waals surface area (Å²) in [5.74, 6) is -0.196. The first-order chi connectivity index (χ1) is 13.9. The molecule has 1 aromatic carbocycles. The quantitative estimate of drug-likeness (QED) is 0.611. The van der Waals surface area contributed by atoms with Gasteiger partial charge in [0.25, 0.3) is 0 Å². The van der Waals surface area contributed by atoms with E-state index in [1.54, 1.807) is 31.4 Å². The Kier molecular flexibility index (Phi) is 6.75. The third-order valence-corrected chi connectivity index (χ3v) is 5.76. The summed E-state index contributed by atoms with van der Waals surface area (Å²) in [5, 5.41) is 10.0. The number of aliphatic carboxylic acids is 1. The van der Waals surface area contributed by atoms with Crippen molar-refractivity contribution in [2.24, 2.45) is 5.92 Å². The third kappa shape index (κ3) is 5.07. The van der Waals surface area contributed by atoms with Gasteiger partial charge in [-0.15, -0.1) is 0 Å². The third-order valence-electron chi connectivity index (χ3n) is 5.50. The Bertz CT molecular complexity index is 932. The topological polar surface area (TPSA) is 63.6 Å². The number of hydrogen-bond donors (Lipinski definition) is 1. The summed E-state index contributed by atoms with van der Waals surface area (Å²) in [4.78, 5) is 24.6. The van der Waals surface area contributed by atoms with Crippen LogP contribution in [0.3, 0.4) is 0 Å². The highest BCUT2D eigenvalue weighted by molar-refractivity contribution is 6.30. The lowest BCUT2D eigenvalue weighted by molar-refractivity contribution is -0.136. The molecule has 0 radical (unpaired) electrons. The summed E-state index contributed by atoms with van der Waals surface area (Å²) in [7, 11) is 1.65. The second-order valence-electron chi connectivity index (χ2n) is 7.49. The number of carboxylic acids is 1. The molecule has 2 aliphatic rings. The Labute approximate surface area is 176 Å². The van der Waals surface area contributed by atoms with E-state index < -0.39 is 5.97 Å². The Morgan fingerprint density at radius 2 is 1.90 bits per heavy atom. The number of benzene rings is 1. The number of ether oxygens (including phenoxy) is 1. The summed E-state index contributed by atoms with van der Waals surface area (Å²) in [6, 6.07) is 6.93. The van der Waals surface area contributed by atoms with Gasteiger partial charge in [-0.2, -0.15) is 0 Å². The molecular weight excluding hydrogens is 388 g/mol. The van der Waals surface area contributed by atoms with Crippen molar-refractivity contribution in [3.63, 3.8) is 0 Å². The van der Waals surface area contributed by atoms with Crippen LogP contribution in [-0.2, 0) is 9.53 Å². The van der Waals surface area contributed by atoms with Crippen molar-refractivity contribution < 1.29 is 19.4 Å². The number of allylic oxidation sites excluding steroid dienone is 7. The van der Waals surface area contributed by atoms with Gasteiger partial charge in [0.2, 0.25) is 0 Å². The van der Waals surface area contributed by atoms with Gasteiger partial charge in [-0.1, -0.05) is 29.3 Å². The minimum atomic E-state index is -0.867. The van der Waals surface area contributed by atoms with Crippen molar-refractivity contribution in [1.82, 2.24) is 0 Å². The van der Waals surface area contributed by atoms with E-state index in [9.17, 15) is 14.7 Å². The smallest absolute Gasteiger partial charge is 0.307 e.